The number of rotatable bonds is 4. The molecule has 1 heterocycles. The highest BCUT2D eigenvalue weighted by atomic mass is 19.4. The van der Waals surface area contributed by atoms with Crippen LogP contribution in [0.25, 0.3) is 0 Å². The van der Waals surface area contributed by atoms with Crippen LogP contribution in [0.3, 0.4) is 0 Å². The summed E-state index contributed by atoms with van der Waals surface area (Å²) in [6, 6.07) is 6.20. The summed E-state index contributed by atoms with van der Waals surface area (Å²) < 4.78 is 103. The number of alkyl halides is 6. The molecule has 164 valence electrons. The smallest absolute Gasteiger partial charge is 0.349 e. The van der Waals surface area contributed by atoms with Crippen molar-refractivity contribution in [3.8, 4) is 0 Å². The second kappa shape index (κ2) is 8.52. The van der Waals surface area contributed by atoms with Gasteiger partial charge < -0.3 is 14.8 Å². The average molecular weight is 437 g/mol. The lowest BCUT2D eigenvalue weighted by atomic mass is 10.0. The SMILES string of the molecule is C[C@@H](O[C@@H]1OCCN[C@@H]1c1ccc(F)cc1)c1cc(C(F)(F)F)cc(C(F)(F)F)c1. The molecule has 0 bridgehead atoms. The molecule has 30 heavy (non-hydrogen) atoms. The van der Waals surface area contributed by atoms with E-state index in [1.54, 1.807) is 0 Å². The maximum Gasteiger partial charge on any atom is 0.416 e. The number of hydrogen-bond donors (Lipinski definition) is 1. The van der Waals surface area contributed by atoms with E-state index in [-0.39, 0.29) is 18.2 Å². The molecule has 0 aliphatic carbocycles. The fraction of sp³-hybridized carbons (Fsp3) is 0.400. The van der Waals surface area contributed by atoms with Gasteiger partial charge in [0, 0.05) is 6.54 Å². The van der Waals surface area contributed by atoms with Gasteiger partial charge in [0.05, 0.1) is 29.9 Å². The third-order valence-corrected chi connectivity index (χ3v) is 4.67. The first-order chi connectivity index (χ1) is 13.9. The Morgan fingerprint density at radius 2 is 1.53 bits per heavy atom. The van der Waals surface area contributed by atoms with Crippen LogP contribution in [-0.4, -0.2) is 19.4 Å². The van der Waals surface area contributed by atoms with Crippen LogP contribution in [0.4, 0.5) is 30.7 Å². The number of benzene rings is 2. The molecule has 0 radical (unpaired) electrons. The Hall–Kier alpha value is -2.17. The standard InChI is InChI=1S/C20H18F7NO2/c1-11(13-8-14(19(22,23)24)10-15(9-13)20(25,26)27)30-18-17(28-6-7-29-18)12-2-4-16(21)5-3-12/h2-5,8-11,17-18,28H,6-7H2,1H3/t11-,17-,18+/m1/s1. The highest BCUT2D eigenvalue weighted by Crippen LogP contribution is 2.38. The Morgan fingerprint density at radius 1 is 0.967 bits per heavy atom. The van der Waals surface area contributed by atoms with Gasteiger partial charge >= 0.3 is 12.4 Å². The van der Waals surface area contributed by atoms with Gasteiger partial charge in [0.1, 0.15) is 5.82 Å². The van der Waals surface area contributed by atoms with Gasteiger partial charge in [-0.1, -0.05) is 12.1 Å². The van der Waals surface area contributed by atoms with Crippen LogP contribution in [0.15, 0.2) is 42.5 Å². The van der Waals surface area contributed by atoms with Crippen LogP contribution in [0.5, 0.6) is 0 Å². The van der Waals surface area contributed by atoms with Gasteiger partial charge in [0.15, 0.2) is 6.29 Å². The average Bonchev–Trinajstić information content (AvgIpc) is 2.67. The summed E-state index contributed by atoms with van der Waals surface area (Å²) in [5, 5.41) is 3.10. The Bertz CT molecular complexity index is 833. The maximum absolute atomic E-state index is 13.2. The van der Waals surface area contributed by atoms with E-state index in [4.69, 9.17) is 9.47 Å². The number of nitrogens with one attached hydrogen (secondary N) is 1. The number of ether oxygens (including phenoxy) is 2. The number of morpholine rings is 1. The molecular formula is C20H18F7NO2. The zero-order valence-electron chi connectivity index (χ0n) is 15.6. The predicted molar refractivity (Wildman–Crippen MR) is 92.8 cm³/mol. The fourth-order valence-corrected chi connectivity index (χ4v) is 3.14. The van der Waals surface area contributed by atoms with E-state index in [9.17, 15) is 30.7 Å². The summed E-state index contributed by atoms with van der Waals surface area (Å²) in [7, 11) is 0. The van der Waals surface area contributed by atoms with Crippen molar-refractivity contribution >= 4 is 0 Å². The molecule has 0 aromatic heterocycles. The van der Waals surface area contributed by atoms with E-state index in [1.165, 1.54) is 31.2 Å². The first kappa shape index (κ1) is 22.5. The lowest BCUT2D eigenvalue weighted by Crippen LogP contribution is -2.43. The van der Waals surface area contributed by atoms with E-state index >= 15 is 0 Å². The zero-order valence-corrected chi connectivity index (χ0v) is 15.6. The highest BCUT2D eigenvalue weighted by Gasteiger charge is 2.38. The molecule has 10 heteroatoms. The minimum Gasteiger partial charge on any atom is -0.349 e. The topological polar surface area (TPSA) is 30.5 Å². The van der Waals surface area contributed by atoms with E-state index < -0.39 is 47.7 Å². The van der Waals surface area contributed by atoms with Crippen molar-refractivity contribution in [1.29, 1.82) is 0 Å². The first-order valence-electron chi connectivity index (χ1n) is 9.00. The molecule has 1 N–H and O–H groups in total. The van der Waals surface area contributed by atoms with Gasteiger partial charge in [-0.05, 0) is 48.4 Å². The quantitative estimate of drug-likeness (QED) is 0.630. The van der Waals surface area contributed by atoms with E-state index in [2.05, 4.69) is 5.32 Å². The minimum atomic E-state index is -4.95. The van der Waals surface area contributed by atoms with Crippen LogP contribution >= 0.6 is 0 Å². The summed E-state index contributed by atoms with van der Waals surface area (Å²) in [6.45, 7) is 2.01. The second-order valence-corrected chi connectivity index (χ2v) is 6.84. The molecule has 2 aromatic carbocycles. The summed E-state index contributed by atoms with van der Waals surface area (Å²) in [5.41, 5.74) is -2.52. The summed E-state index contributed by atoms with van der Waals surface area (Å²) in [5.74, 6) is -0.454. The largest absolute Gasteiger partial charge is 0.416 e. The molecule has 0 saturated carbocycles. The van der Waals surface area contributed by atoms with E-state index in [0.717, 1.165) is 0 Å². The molecule has 3 nitrogen and oxygen atoms in total. The van der Waals surface area contributed by atoms with Crippen molar-refractivity contribution in [2.24, 2.45) is 0 Å². The van der Waals surface area contributed by atoms with E-state index in [1.807, 2.05) is 0 Å². The fourth-order valence-electron chi connectivity index (χ4n) is 3.14. The van der Waals surface area contributed by atoms with Crippen molar-refractivity contribution in [3.63, 3.8) is 0 Å². The van der Waals surface area contributed by atoms with Crippen molar-refractivity contribution in [1.82, 2.24) is 5.32 Å². The third-order valence-electron chi connectivity index (χ3n) is 4.67. The monoisotopic (exact) mass is 437 g/mol. The van der Waals surface area contributed by atoms with E-state index in [0.29, 0.717) is 24.2 Å². The van der Waals surface area contributed by atoms with Gasteiger partial charge in [0.2, 0.25) is 0 Å². The normalized spacial score (nSPS) is 21.5. The molecule has 3 rings (SSSR count). The third kappa shape index (κ3) is 5.30. The predicted octanol–water partition coefficient (Wildman–Crippen LogP) is 5.63. The second-order valence-electron chi connectivity index (χ2n) is 6.84. The van der Waals surface area contributed by atoms with Crippen LogP contribution < -0.4 is 5.32 Å². The number of hydrogen-bond acceptors (Lipinski definition) is 3. The molecule has 0 spiro atoms. The molecular weight excluding hydrogens is 419 g/mol. The Balaban J connectivity index is 1.88. The Morgan fingerprint density at radius 3 is 2.07 bits per heavy atom. The molecule has 1 fully saturated rings. The van der Waals surface area contributed by atoms with Crippen molar-refractivity contribution in [2.45, 2.75) is 37.7 Å². The van der Waals surface area contributed by atoms with Crippen molar-refractivity contribution in [2.75, 3.05) is 13.2 Å². The van der Waals surface area contributed by atoms with Gasteiger partial charge in [-0.2, -0.15) is 26.3 Å². The molecule has 1 aliphatic heterocycles. The molecule has 0 amide bonds. The molecule has 1 saturated heterocycles. The number of halogens is 7. The van der Waals surface area contributed by atoms with Crippen molar-refractivity contribution < 1.29 is 40.2 Å². The summed E-state index contributed by atoms with van der Waals surface area (Å²) >= 11 is 0. The Kier molecular flexibility index (Phi) is 6.40. The van der Waals surface area contributed by atoms with Crippen molar-refractivity contribution in [3.05, 3.63) is 70.5 Å². The lowest BCUT2D eigenvalue weighted by molar-refractivity contribution is -0.200. The highest BCUT2D eigenvalue weighted by molar-refractivity contribution is 5.34. The van der Waals surface area contributed by atoms with Gasteiger partial charge in [-0.15, -0.1) is 0 Å². The molecule has 3 atom stereocenters. The molecule has 0 unspecified atom stereocenters. The minimum absolute atomic E-state index is 0.0657. The van der Waals surface area contributed by atoms with Crippen LogP contribution in [0.2, 0.25) is 0 Å². The maximum atomic E-state index is 13.2. The van der Waals surface area contributed by atoms with Crippen LogP contribution in [-0.2, 0) is 21.8 Å². The summed E-state index contributed by atoms with van der Waals surface area (Å²) in [6.07, 6.45) is -12.0. The van der Waals surface area contributed by atoms with Gasteiger partial charge in [-0.25, -0.2) is 4.39 Å². The lowest BCUT2D eigenvalue weighted by Gasteiger charge is -2.34. The first-order valence-corrected chi connectivity index (χ1v) is 9.00. The summed E-state index contributed by atoms with van der Waals surface area (Å²) in [4.78, 5) is 0. The van der Waals surface area contributed by atoms with Gasteiger partial charge in [-0.3, -0.25) is 0 Å². The van der Waals surface area contributed by atoms with Gasteiger partial charge in [0.25, 0.3) is 0 Å². The molecule has 2 aromatic rings. The van der Waals surface area contributed by atoms with Crippen LogP contribution in [0, 0.1) is 5.82 Å². The molecule has 1 aliphatic rings. The Labute approximate surface area is 167 Å². The van der Waals surface area contributed by atoms with Crippen LogP contribution in [0.1, 0.15) is 41.3 Å². The zero-order chi connectivity index (χ0) is 22.1.